The molecule has 1 aromatic heterocycles. The molecule has 2 aromatic rings. The molecular formula is C14H16Cl2F2N2O. The summed E-state index contributed by atoms with van der Waals surface area (Å²) in [4.78, 5) is 4.25. The van der Waals surface area contributed by atoms with E-state index in [1.807, 2.05) is 30.3 Å². The Morgan fingerprint density at radius 1 is 1.14 bits per heavy atom. The van der Waals surface area contributed by atoms with Crippen LogP contribution in [0.4, 0.5) is 8.78 Å². The van der Waals surface area contributed by atoms with Crippen LogP contribution in [0.25, 0.3) is 10.9 Å². The van der Waals surface area contributed by atoms with Crippen LogP contribution in [-0.2, 0) is 0 Å². The molecule has 7 heteroatoms. The Morgan fingerprint density at radius 2 is 1.90 bits per heavy atom. The number of halogens is 4. The number of pyridine rings is 1. The molecular weight excluding hydrogens is 321 g/mol. The molecule has 0 bridgehead atoms. The van der Waals surface area contributed by atoms with Crippen molar-refractivity contribution in [3.05, 3.63) is 36.4 Å². The van der Waals surface area contributed by atoms with Crippen LogP contribution in [0.5, 0.6) is 5.88 Å². The smallest absolute Gasteiger partial charge is 0.286 e. The van der Waals surface area contributed by atoms with Gasteiger partial charge in [-0.25, -0.2) is 13.8 Å². The zero-order chi connectivity index (χ0) is 13.3. The number of aromatic nitrogens is 1. The van der Waals surface area contributed by atoms with E-state index in [1.54, 1.807) is 6.07 Å². The van der Waals surface area contributed by atoms with Crippen LogP contribution < -0.4 is 10.1 Å². The minimum atomic E-state index is -2.81. The van der Waals surface area contributed by atoms with Crippen molar-refractivity contribution in [3.63, 3.8) is 0 Å². The van der Waals surface area contributed by atoms with Crippen LogP contribution >= 0.6 is 24.8 Å². The largest absolute Gasteiger partial charge is 0.467 e. The molecule has 1 aliphatic rings. The van der Waals surface area contributed by atoms with E-state index in [1.165, 1.54) is 0 Å². The Labute approximate surface area is 133 Å². The summed E-state index contributed by atoms with van der Waals surface area (Å²) in [6.07, 6.45) is -1.36. The van der Waals surface area contributed by atoms with Crippen LogP contribution in [0.3, 0.4) is 0 Å². The predicted octanol–water partition coefficient (Wildman–Crippen LogP) is 3.45. The van der Waals surface area contributed by atoms with E-state index in [0.29, 0.717) is 6.54 Å². The Bertz CT molecular complexity index is 598. The number of nitrogens with one attached hydrogen (secondary N) is 1. The van der Waals surface area contributed by atoms with Gasteiger partial charge in [-0.1, -0.05) is 18.2 Å². The molecule has 1 saturated heterocycles. The van der Waals surface area contributed by atoms with Gasteiger partial charge in [0.1, 0.15) is 0 Å². The quantitative estimate of drug-likeness (QED) is 0.911. The zero-order valence-electron chi connectivity index (χ0n) is 11.1. The van der Waals surface area contributed by atoms with E-state index in [-0.39, 0.29) is 43.7 Å². The molecule has 1 N–H and O–H groups in total. The van der Waals surface area contributed by atoms with E-state index in [0.717, 1.165) is 10.9 Å². The van der Waals surface area contributed by atoms with Crippen molar-refractivity contribution in [2.45, 2.75) is 18.4 Å². The van der Waals surface area contributed by atoms with Gasteiger partial charge in [-0.15, -0.1) is 24.8 Å². The van der Waals surface area contributed by atoms with Crippen molar-refractivity contribution >= 4 is 35.7 Å². The first-order valence-electron chi connectivity index (χ1n) is 6.26. The van der Waals surface area contributed by atoms with Crippen molar-refractivity contribution in [2.24, 2.45) is 0 Å². The number of ether oxygens (including phenoxy) is 1. The summed E-state index contributed by atoms with van der Waals surface area (Å²) in [5, 5.41) is 3.88. The van der Waals surface area contributed by atoms with Gasteiger partial charge in [-0.05, 0) is 12.1 Å². The number of piperidine rings is 1. The number of benzene rings is 1. The molecule has 1 fully saturated rings. The second kappa shape index (κ2) is 7.20. The molecule has 0 aliphatic carbocycles. The number of fused-ring (bicyclic) bond motifs is 1. The first-order valence-corrected chi connectivity index (χ1v) is 6.26. The molecule has 116 valence electrons. The third-order valence-corrected chi connectivity index (χ3v) is 3.27. The van der Waals surface area contributed by atoms with Gasteiger partial charge in [0, 0.05) is 31.0 Å². The van der Waals surface area contributed by atoms with Gasteiger partial charge in [-0.3, -0.25) is 0 Å². The Hall–Kier alpha value is -1.17. The lowest BCUT2D eigenvalue weighted by Crippen LogP contribution is -2.51. The van der Waals surface area contributed by atoms with E-state index >= 15 is 0 Å². The minimum absolute atomic E-state index is 0. The Kier molecular flexibility index (Phi) is 6.13. The first-order chi connectivity index (χ1) is 9.15. The monoisotopic (exact) mass is 336 g/mol. The summed E-state index contributed by atoms with van der Waals surface area (Å²) in [6, 6.07) is 11.0. The Balaban J connectivity index is 0.00000110. The fourth-order valence-corrected chi connectivity index (χ4v) is 2.19. The van der Waals surface area contributed by atoms with Crippen LogP contribution in [-0.4, -0.2) is 30.1 Å². The van der Waals surface area contributed by atoms with E-state index < -0.39 is 12.0 Å². The molecule has 1 aliphatic heterocycles. The highest BCUT2D eigenvalue weighted by Gasteiger charge is 2.43. The summed E-state index contributed by atoms with van der Waals surface area (Å²) < 4.78 is 32.7. The van der Waals surface area contributed by atoms with Gasteiger partial charge in [0.25, 0.3) is 5.92 Å². The van der Waals surface area contributed by atoms with Crippen molar-refractivity contribution < 1.29 is 13.5 Å². The maximum atomic E-state index is 13.7. The standard InChI is InChI=1S/C14H14F2N2O.2ClH/c15-14(16)7-8-17-9-12(14)19-13-6-5-10-3-1-2-4-11(10)18-13;;/h1-6,12,17H,7-9H2;2*1H/t12-;;/m0../s1. The van der Waals surface area contributed by atoms with Crippen molar-refractivity contribution in [2.75, 3.05) is 13.1 Å². The average Bonchev–Trinajstić information content (AvgIpc) is 2.41. The van der Waals surface area contributed by atoms with Crippen molar-refractivity contribution in [1.29, 1.82) is 0 Å². The number of rotatable bonds is 2. The lowest BCUT2D eigenvalue weighted by molar-refractivity contribution is -0.113. The second-order valence-corrected chi connectivity index (χ2v) is 4.66. The lowest BCUT2D eigenvalue weighted by Gasteiger charge is -2.31. The van der Waals surface area contributed by atoms with Crippen LogP contribution in [0.2, 0.25) is 0 Å². The van der Waals surface area contributed by atoms with Gasteiger partial charge in [0.05, 0.1) is 5.52 Å². The Morgan fingerprint density at radius 3 is 2.67 bits per heavy atom. The van der Waals surface area contributed by atoms with E-state index in [4.69, 9.17) is 4.74 Å². The highest BCUT2D eigenvalue weighted by Crippen LogP contribution is 2.28. The molecule has 3 nitrogen and oxygen atoms in total. The SMILES string of the molecule is Cl.Cl.FC1(F)CCNC[C@@H]1Oc1ccc2ccccc2n1. The van der Waals surface area contributed by atoms with Crippen LogP contribution in [0.15, 0.2) is 36.4 Å². The summed E-state index contributed by atoms with van der Waals surface area (Å²) in [5.41, 5.74) is 0.743. The number of hydrogen-bond acceptors (Lipinski definition) is 3. The van der Waals surface area contributed by atoms with Crippen molar-refractivity contribution in [3.8, 4) is 5.88 Å². The third kappa shape index (κ3) is 3.93. The van der Waals surface area contributed by atoms with Crippen molar-refractivity contribution in [1.82, 2.24) is 10.3 Å². The van der Waals surface area contributed by atoms with Gasteiger partial charge < -0.3 is 10.1 Å². The summed E-state index contributed by atoms with van der Waals surface area (Å²) in [7, 11) is 0. The molecule has 3 rings (SSSR count). The molecule has 0 amide bonds. The molecule has 0 saturated carbocycles. The highest BCUT2D eigenvalue weighted by atomic mass is 35.5. The first kappa shape index (κ1) is 17.9. The minimum Gasteiger partial charge on any atom is -0.467 e. The third-order valence-electron chi connectivity index (χ3n) is 3.27. The fraction of sp³-hybridized carbons (Fsp3) is 0.357. The maximum Gasteiger partial charge on any atom is 0.286 e. The van der Waals surface area contributed by atoms with E-state index in [2.05, 4.69) is 10.3 Å². The summed E-state index contributed by atoms with van der Waals surface area (Å²) >= 11 is 0. The number of nitrogens with zero attached hydrogens (tertiary/aromatic N) is 1. The number of hydrogen-bond donors (Lipinski definition) is 1. The maximum absolute atomic E-state index is 13.7. The molecule has 1 aromatic carbocycles. The van der Waals surface area contributed by atoms with Crippen LogP contribution in [0.1, 0.15) is 6.42 Å². The van der Waals surface area contributed by atoms with Crippen LogP contribution in [0, 0.1) is 0 Å². The van der Waals surface area contributed by atoms with E-state index in [9.17, 15) is 8.78 Å². The number of para-hydroxylation sites is 1. The molecule has 0 radical (unpaired) electrons. The highest BCUT2D eigenvalue weighted by molar-refractivity contribution is 5.85. The van der Waals surface area contributed by atoms with Gasteiger partial charge in [-0.2, -0.15) is 0 Å². The van der Waals surface area contributed by atoms with Gasteiger partial charge >= 0.3 is 0 Å². The topological polar surface area (TPSA) is 34.1 Å². The number of alkyl halides is 2. The average molecular weight is 337 g/mol. The van der Waals surface area contributed by atoms with Gasteiger partial charge in [0.15, 0.2) is 6.10 Å². The lowest BCUT2D eigenvalue weighted by atomic mass is 10.1. The second-order valence-electron chi connectivity index (χ2n) is 4.66. The molecule has 0 unspecified atom stereocenters. The molecule has 0 spiro atoms. The normalized spacial score (nSPS) is 20.2. The molecule has 21 heavy (non-hydrogen) atoms. The predicted molar refractivity (Wildman–Crippen MR) is 83.1 cm³/mol. The fourth-order valence-electron chi connectivity index (χ4n) is 2.19. The molecule has 1 atom stereocenters. The summed E-state index contributed by atoms with van der Waals surface area (Å²) in [6.45, 7) is 0.458. The molecule has 2 heterocycles. The summed E-state index contributed by atoms with van der Waals surface area (Å²) in [5.74, 6) is -2.56. The zero-order valence-corrected chi connectivity index (χ0v) is 12.7. The van der Waals surface area contributed by atoms with Gasteiger partial charge in [0.2, 0.25) is 5.88 Å².